The molecule has 0 atom stereocenters. The number of hydrogen-bond acceptors (Lipinski definition) is 5. The number of pyridine rings is 1. The molecule has 3 aromatic rings. The van der Waals surface area contributed by atoms with Crippen molar-refractivity contribution in [3.05, 3.63) is 76.5 Å². The zero-order valence-corrected chi connectivity index (χ0v) is 20.4. The second kappa shape index (κ2) is 10.6. The lowest BCUT2D eigenvalue weighted by Gasteiger charge is -2.32. The molecule has 6 heteroatoms. The number of aryl methyl sites for hydroxylation is 2. The molecule has 6 nitrogen and oxygen atoms in total. The molecular weight excluding hydrogens is 438 g/mol. The summed E-state index contributed by atoms with van der Waals surface area (Å²) in [6, 6.07) is 16.5. The lowest BCUT2D eigenvalue weighted by atomic mass is 9.89. The van der Waals surface area contributed by atoms with Crippen molar-refractivity contribution in [1.29, 1.82) is 0 Å². The summed E-state index contributed by atoms with van der Waals surface area (Å²) >= 11 is 0. The highest BCUT2D eigenvalue weighted by Gasteiger charge is 2.25. The molecule has 2 aromatic carbocycles. The predicted octanol–water partition coefficient (Wildman–Crippen LogP) is 4.36. The first-order valence-corrected chi connectivity index (χ1v) is 12.7. The average Bonchev–Trinajstić information content (AvgIpc) is 2.88. The number of likely N-dealkylation sites (tertiary alicyclic amines) is 1. The van der Waals surface area contributed by atoms with Gasteiger partial charge in [-0.05, 0) is 68.7 Å². The van der Waals surface area contributed by atoms with E-state index in [2.05, 4.69) is 34.5 Å². The van der Waals surface area contributed by atoms with Crippen molar-refractivity contribution in [1.82, 2.24) is 15.2 Å². The number of esters is 1. The SMILES string of the molecule is Cc1ccc2nc3c(c(C(=O)OCC(=O)NC4CCN(Cc5ccccc5)CC4)c2c1)CCCC3. The molecule has 0 unspecified atom stereocenters. The molecule has 2 heterocycles. The van der Waals surface area contributed by atoms with Crippen molar-refractivity contribution in [2.45, 2.75) is 58.0 Å². The first-order chi connectivity index (χ1) is 17.1. The van der Waals surface area contributed by atoms with E-state index >= 15 is 0 Å². The fraction of sp³-hybridized carbons (Fsp3) is 0.414. The highest BCUT2D eigenvalue weighted by atomic mass is 16.5. The summed E-state index contributed by atoms with van der Waals surface area (Å²) in [7, 11) is 0. The van der Waals surface area contributed by atoms with Gasteiger partial charge in [0, 0.05) is 36.8 Å². The van der Waals surface area contributed by atoms with Crippen LogP contribution in [0, 0.1) is 6.92 Å². The fourth-order valence-electron chi connectivity index (χ4n) is 5.32. The lowest BCUT2D eigenvalue weighted by molar-refractivity contribution is -0.125. The van der Waals surface area contributed by atoms with Crippen molar-refractivity contribution in [3.63, 3.8) is 0 Å². The Balaban J connectivity index is 1.18. The minimum atomic E-state index is -0.422. The highest BCUT2D eigenvalue weighted by molar-refractivity contribution is 6.05. The zero-order chi connectivity index (χ0) is 24.2. The molecule has 1 saturated heterocycles. The molecule has 1 aromatic heterocycles. The second-order valence-electron chi connectivity index (χ2n) is 9.82. The molecule has 35 heavy (non-hydrogen) atoms. The predicted molar refractivity (Wildman–Crippen MR) is 136 cm³/mol. The number of amides is 1. The summed E-state index contributed by atoms with van der Waals surface area (Å²) in [5.41, 5.74) is 5.77. The van der Waals surface area contributed by atoms with Crippen molar-refractivity contribution in [3.8, 4) is 0 Å². The second-order valence-corrected chi connectivity index (χ2v) is 9.82. The van der Waals surface area contributed by atoms with Crippen LogP contribution in [0.4, 0.5) is 0 Å². The van der Waals surface area contributed by atoms with Crippen LogP contribution in [-0.2, 0) is 28.9 Å². The van der Waals surface area contributed by atoms with E-state index in [1.807, 2.05) is 31.2 Å². The summed E-state index contributed by atoms with van der Waals surface area (Å²) < 4.78 is 5.56. The van der Waals surface area contributed by atoms with E-state index in [9.17, 15) is 9.59 Å². The smallest absolute Gasteiger partial charge is 0.339 e. The van der Waals surface area contributed by atoms with Crippen LogP contribution < -0.4 is 5.32 Å². The summed E-state index contributed by atoms with van der Waals surface area (Å²) in [5.74, 6) is -0.655. The molecule has 1 fully saturated rings. The topological polar surface area (TPSA) is 71.5 Å². The van der Waals surface area contributed by atoms with Gasteiger partial charge >= 0.3 is 5.97 Å². The van der Waals surface area contributed by atoms with Gasteiger partial charge in [-0.1, -0.05) is 42.0 Å². The Kier molecular flexibility index (Phi) is 7.09. The van der Waals surface area contributed by atoms with Crippen molar-refractivity contribution in [2.24, 2.45) is 0 Å². The number of rotatable bonds is 6. The zero-order valence-electron chi connectivity index (χ0n) is 20.4. The number of carbonyl (C=O) groups is 2. The van der Waals surface area contributed by atoms with Gasteiger partial charge in [0.25, 0.3) is 5.91 Å². The molecule has 1 aliphatic carbocycles. The molecule has 1 N–H and O–H groups in total. The minimum Gasteiger partial charge on any atom is -0.452 e. The molecule has 182 valence electrons. The lowest BCUT2D eigenvalue weighted by Crippen LogP contribution is -2.45. The van der Waals surface area contributed by atoms with Gasteiger partial charge in [0.05, 0.1) is 11.1 Å². The number of fused-ring (bicyclic) bond motifs is 2. The van der Waals surface area contributed by atoms with Crippen LogP contribution in [0.5, 0.6) is 0 Å². The van der Waals surface area contributed by atoms with E-state index in [4.69, 9.17) is 9.72 Å². The summed E-state index contributed by atoms with van der Waals surface area (Å²) in [6.45, 7) is 4.56. The van der Waals surface area contributed by atoms with Gasteiger partial charge in [-0.2, -0.15) is 0 Å². The van der Waals surface area contributed by atoms with Gasteiger partial charge in [-0.25, -0.2) is 4.79 Å². The molecule has 1 amide bonds. The molecule has 2 aliphatic rings. The molecule has 5 rings (SSSR count). The molecule has 0 radical (unpaired) electrons. The van der Waals surface area contributed by atoms with E-state index in [1.165, 1.54) is 5.56 Å². The molecule has 0 saturated carbocycles. The number of nitrogens with zero attached hydrogens (tertiary/aromatic N) is 2. The Morgan fingerprint density at radius 1 is 1.06 bits per heavy atom. The third-order valence-electron chi connectivity index (χ3n) is 7.16. The van der Waals surface area contributed by atoms with E-state index < -0.39 is 5.97 Å². The maximum Gasteiger partial charge on any atom is 0.339 e. The van der Waals surface area contributed by atoms with Gasteiger partial charge in [0.15, 0.2) is 6.61 Å². The van der Waals surface area contributed by atoms with Gasteiger partial charge in [-0.3, -0.25) is 14.7 Å². The number of hydrogen-bond donors (Lipinski definition) is 1. The number of benzene rings is 2. The summed E-state index contributed by atoms with van der Waals surface area (Å²) in [5, 5.41) is 3.88. The third kappa shape index (κ3) is 5.54. The number of piperidine rings is 1. The first-order valence-electron chi connectivity index (χ1n) is 12.7. The van der Waals surface area contributed by atoms with Crippen molar-refractivity contribution in [2.75, 3.05) is 19.7 Å². The Labute approximate surface area is 206 Å². The molecule has 0 spiro atoms. The average molecular weight is 472 g/mol. The monoisotopic (exact) mass is 471 g/mol. The Hall–Kier alpha value is -3.25. The van der Waals surface area contributed by atoms with Crippen LogP contribution in [0.3, 0.4) is 0 Å². The van der Waals surface area contributed by atoms with Crippen molar-refractivity contribution >= 4 is 22.8 Å². The van der Waals surface area contributed by atoms with Crippen LogP contribution in [0.15, 0.2) is 48.5 Å². The Morgan fingerprint density at radius 2 is 1.83 bits per heavy atom. The minimum absolute atomic E-state index is 0.116. The van der Waals surface area contributed by atoms with Crippen LogP contribution in [0.2, 0.25) is 0 Å². The van der Waals surface area contributed by atoms with Crippen LogP contribution in [0.1, 0.15) is 58.4 Å². The number of carbonyl (C=O) groups excluding carboxylic acids is 2. The molecular formula is C29H33N3O3. The maximum absolute atomic E-state index is 13.2. The fourth-order valence-corrected chi connectivity index (χ4v) is 5.32. The van der Waals surface area contributed by atoms with Crippen LogP contribution in [0.25, 0.3) is 10.9 Å². The van der Waals surface area contributed by atoms with Crippen LogP contribution in [-0.4, -0.2) is 47.5 Å². The normalized spacial score (nSPS) is 16.6. The maximum atomic E-state index is 13.2. The van der Waals surface area contributed by atoms with E-state index in [0.717, 1.165) is 85.9 Å². The summed E-state index contributed by atoms with van der Waals surface area (Å²) in [6.07, 6.45) is 5.62. The van der Waals surface area contributed by atoms with Gasteiger partial charge in [0.2, 0.25) is 0 Å². The number of nitrogens with one attached hydrogen (secondary N) is 1. The number of aromatic nitrogens is 1. The van der Waals surface area contributed by atoms with E-state index in [-0.39, 0.29) is 18.6 Å². The van der Waals surface area contributed by atoms with Crippen molar-refractivity contribution < 1.29 is 14.3 Å². The summed E-state index contributed by atoms with van der Waals surface area (Å²) in [4.78, 5) is 33.1. The van der Waals surface area contributed by atoms with Crippen LogP contribution >= 0.6 is 0 Å². The Bertz CT molecular complexity index is 1220. The largest absolute Gasteiger partial charge is 0.452 e. The quantitative estimate of drug-likeness (QED) is 0.541. The Morgan fingerprint density at radius 3 is 2.63 bits per heavy atom. The third-order valence-corrected chi connectivity index (χ3v) is 7.16. The number of ether oxygens (including phenoxy) is 1. The standard InChI is InChI=1S/C29H33N3O3/c1-20-11-12-26-24(17-20)28(23-9-5-6-10-25(23)31-26)29(34)35-19-27(33)30-22-13-15-32(16-14-22)18-21-7-3-2-4-8-21/h2-4,7-8,11-12,17,22H,5-6,9-10,13-16,18-19H2,1H3,(H,30,33). The van der Waals surface area contributed by atoms with E-state index in [0.29, 0.717) is 5.56 Å². The first kappa shape index (κ1) is 23.5. The molecule has 1 aliphatic heterocycles. The van der Waals surface area contributed by atoms with E-state index in [1.54, 1.807) is 0 Å². The molecule has 0 bridgehead atoms. The van der Waals surface area contributed by atoms with Gasteiger partial charge in [-0.15, -0.1) is 0 Å². The van der Waals surface area contributed by atoms with Gasteiger partial charge < -0.3 is 10.1 Å². The highest BCUT2D eigenvalue weighted by Crippen LogP contribution is 2.30. The van der Waals surface area contributed by atoms with Gasteiger partial charge in [0.1, 0.15) is 0 Å².